The van der Waals surface area contributed by atoms with Crippen LogP contribution < -0.4 is 10.2 Å². The summed E-state index contributed by atoms with van der Waals surface area (Å²) in [5.41, 5.74) is 5.28. The second-order valence-electron chi connectivity index (χ2n) is 6.19. The van der Waals surface area contributed by atoms with Gasteiger partial charge in [-0.05, 0) is 32.4 Å². The smallest absolute Gasteiger partial charge is 0.0795 e. The van der Waals surface area contributed by atoms with E-state index in [2.05, 4.69) is 54.5 Å². The van der Waals surface area contributed by atoms with Gasteiger partial charge in [0.15, 0.2) is 0 Å². The van der Waals surface area contributed by atoms with E-state index in [1.165, 1.54) is 5.56 Å². The van der Waals surface area contributed by atoms with Crippen LogP contribution in [0.15, 0.2) is 29.1 Å². The lowest BCUT2D eigenvalue weighted by Gasteiger charge is -2.26. The Hall–Kier alpha value is -1.10. The predicted octanol–water partition coefficient (Wildman–Crippen LogP) is 4.32. The minimum absolute atomic E-state index is 0.0765. The maximum absolute atomic E-state index is 6.43. The number of aromatic nitrogens is 1. The Morgan fingerprint density at radius 1 is 1.33 bits per heavy atom. The van der Waals surface area contributed by atoms with Crippen molar-refractivity contribution in [3.05, 3.63) is 45.4 Å². The molecule has 1 N–H and O–H groups in total. The van der Waals surface area contributed by atoms with Gasteiger partial charge >= 0.3 is 0 Å². The Morgan fingerprint density at radius 3 is 2.71 bits per heavy atom. The monoisotopic (exact) mass is 323 g/mol. The van der Waals surface area contributed by atoms with Gasteiger partial charge in [0.05, 0.1) is 28.5 Å². The molecule has 0 saturated heterocycles. The van der Waals surface area contributed by atoms with Crippen molar-refractivity contribution in [2.75, 3.05) is 11.9 Å². The summed E-state index contributed by atoms with van der Waals surface area (Å²) in [5.74, 6) is 0. The van der Waals surface area contributed by atoms with E-state index in [9.17, 15) is 0 Å². The molecule has 0 aliphatic heterocycles. The van der Waals surface area contributed by atoms with E-state index in [0.29, 0.717) is 0 Å². The van der Waals surface area contributed by atoms with Crippen LogP contribution in [0.1, 0.15) is 32.0 Å². The number of hydrogen-bond acceptors (Lipinski definition) is 4. The van der Waals surface area contributed by atoms with E-state index in [1.54, 1.807) is 11.3 Å². The van der Waals surface area contributed by atoms with Crippen molar-refractivity contribution in [3.8, 4) is 0 Å². The van der Waals surface area contributed by atoms with Crippen molar-refractivity contribution in [1.82, 2.24) is 10.3 Å². The third-order valence-electron chi connectivity index (χ3n) is 3.14. The molecule has 0 spiro atoms. The molecule has 0 saturated carbocycles. The first-order valence-electron chi connectivity index (χ1n) is 6.97. The van der Waals surface area contributed by atoms with Gasteiger partial charge in [-0.3, -0.25) is 0 Å². The molecule has 0 fully saturated rings. The minimum atomic E-state index is 0.0765. The Bertz CT molecular complexity index is 576. The highest BCUT2D eigenvalue weighted by molar-refractivity contribution is 7.07. The predicted molar refractivity (Wildman–Crippen MR) is 92.3 cm³/mol. The maximum atomic E-state index is 6.43. The first-order valence-corrected chi connectivity index (χ1v) is 8.29. The number of thiazole rings is 1. The summed E-state index contributed by atoms with van der Waals surface area (Å²) in [6.07, 6.45) is 0. The largest absolute Gasteiger partial charge is 0.367 e. The van der Waals surface area contributed by atoms with E-state index in [0.717, 1.165) is 29.5 Å². The number of anilines is 1. The number of nitrogens with zero attached hydrogens (tertiary/aromatic N) is 2. The molecule has 0 unspecified atom stereocenters. The van der Waals surface area contributed by atoms with E-state index < -0.39 is 0 Å². The van der Waals surface area contributed by atoms with Gasteiger partial charge in [0.25, 0.3) is 0 Å². The van der Waals surface area contributed by atoms with Gasteiger partial charge in [-0.2, -0.15) is 0 Å². The van der Waals surface area contributed by atoms with Crippen LogP contribution in [0.4, 0.5) is 5.69 Å². The molecule has 0 amide bonds. The Kier molecular flexibility index (Phi) is 5.25. The molecule has 1 aromatic carbocycles. The van der Waals surface area contributed by atoms with Crippen LogP contribution in [0.25, 0.3) is 0 Å². The van der Waals surface area contributed by atoms with Crippen LogP contribution in [0.3, 0.4) is 0 Å². The summed E-state index contributed by atoms with van der Waals surface area (Å²) >= 11 is 8.04. The van der Waals surface area contributed by atoms with Gasteiger partial charge in [0.1, 0.15) is 0 Å². The number of halogens is 1. The van der Waals surface area contributed by atoms with Gasteiger partial charge < -0.3 is 10.2 Å². The quantitative estimate of drug-likeness (QED) is 0.888. The Labute approximate surface area is 136 Å². The molecular weight excluding hydrogens is 302 g/mol. The average Bonchev–Trinajstić information content (AvgIpc) is 2.88. The van der Waals surface area contributed by atoms with Crippen LogP contribution >= 0.6 is 22.9 Å². The molecule has 114 valence electrons. The first-order chi connectivity index (χ1) is 9.87. The lowest BCUT2D eigenvalue weighted by atomic mass is 10.1. The zero-order chi connectivity index (χ0) is 15.5. The van der Waals surface area contributed by atoms with Crippen LogP contribution in [-0.4, -0.2) is 17.6 Å². The Balaban J connectivity index is 2.20. The molecule has 1 aromatic heterocycles. The van der Waals surface area contributed by atoms with Crippen LogP contribution in [0.2, 0.25) is 5.02 Å². The normalized spacial score (nSPS) is 11.7. The van der Waals surface area contributed by atoms with Gasteiger partial charge in [0.2, 0.25) is 0 Å². The van der Waals surface area contributed by atoms with E-state index in [4.69, 9.17) is 11.6 Å². The summed E-state index contributed by atoms with van der Waals surface area (Å²) < 4.78 is 0. The lowest BCUT2D eigenvalue weighted by Crippen LogP contribution is -2.35. The summed E-state index contributed by atoms with van der Waals surface area (Å²) in [6, 6.07) is 6.06. The van der Waals surface area contributed by atoms with Crippen molar-refractivity contribution in [2.45, 2.75) is 39.4 Å². The molecule has 21 heavy (non-hydrogen) atoms. The fraction of sp³-hybridized carbons (Fsp3) is 0.438. The van der Waals surface area contributed by atoms with Crippen LogP contribution in [0, 0.1) is 0 Å². The summed E-state index contributed by atoms with van der Waals surface area (Å²) in [7, 11) is 2.06. The van der Waals surface area contributed by atoms with Crippen LogP contribution in [0.5, 0.6) is 0 Å². The molecule has 1 heterocycles. The molecule has 2 rings (SSSR count). The zero-order valence-electron chi connectivity index (χ0n) is 13.0. The molecule has 0 aliphatic carbocycles. The maximum Gasteiger partial charge on any atom is 0.0795 e. The second-order valence-corrected chi connectivity index (χ2v) is 7.31. The summed E-state index contributed by atoms with van der Waals surface area (Å²) in [4.78, 5) is 6.51. The van der Waals surface area contributed by atoms with Gasteiger partial charge in [-0.25, -0.2) is 4.98 Å². The fourth-order valence-corrected chi connectivity index (χ4v) is 3.02. The number of hydrogen-bond donors (Lipinski definition) is 1. The van der Waals surface area contributed by atoms with Crippen molar-refractivity contribution >= 4 is 28.6 Å². The molecule has 0 radical (unpaired) electrons. The average molecular weight is 324 g/mol. The van der Waals surface area contributed by atoms with Gasteiger partial charge in [0, 0.05) is 24.5 Å². The van der Waals surface area contributed by atoms with Gasteiger partial charge in [-0.1, -0.05) is 23.7 Å². The number of benzene rings is 1. The highest BCUT2D eigenvalue weighted by atomic mass is 35.5. The third kappa shape index (κ3) is 4.70. The first kappa shape index (κ1) is 16.3. The molecule has 2 aromatic rings. The van der Waals surface area contributed by atoms with Crippen molar-refractivity contribution < 1.29 is 0 Å². The molecule has 5 heteroatoms. The zero-order valence-corrected chi connectivity index (χ0v) is 14.6. The summed E-state index contributed by atoms with van der Waals surface area (Å²) in [5, 5.41) is 6.37. The van der Waals surface area contributed by atoms with Crippen LogP contribution in [-0.2, 0) is 13.1 Å². The topological polar surface area (TPSA) is 28.2 Å². The second kappa shape index (κ2) is 6.77. The number of para-hydroxylation sites is 1. The molecule has 3 nitrogen and oxygen atoms in total. The fourth-order valence-electron chi connectivity index (χ4n) is 2.13. The van der Waals surface area contributed by atoms with E-state index in [-0.39, 0.29) is 5.54 Å². The van der Waals surface area contributed by atoms with Crippen molar-refractivity contribution in [2.24, 2.45) is 0 Å². The number of nitrogens with one attached hydrogen (secondary N) is 1. The number of rotatable bonds is 5. The Morgan fingerprint density at radius 2 is 2.10 bits per heavy atom. The minimum Gasteiger partial charge on any atom is -0.367 e. The van der Waals surface area contributed by atoms with E-state index in [1.807, 2.05) is 17.6 Å². The molecule has 0 atom stereocenters. The van der Waals surface area contributed by atoms with Crippen molar-refractivity contribution in [1.29, 1.82) is 0 Å². The molecular formula is C16H22ClN3S. The summed E-state index contributed by atoms with van der Waals surface area (Å²) in [6.45, 7) is 8.04. The highest BCUT2D eigenvalue weighted by Gasteiger charge is 2.15. The lowest BCUT2D eigenvalue weighted by molar-refractivity contribution is 0.424. The molecule has 0 bridgehead atoms. The van der Waals surface area contributed by atoms with Gasteiger partial charge in [-0.15, -0.1) is 11.3 Å². The van der Waals surface area contributed by atoms with E-state index >= 15 is 0 Å². The standard InChI is InChI=1S/C16H22ClN3S/c1-16(2,3)19-8-12-6-5-7-14(17)15(12)20(4)9-13-10-21-11-18-13/h5-7,10-11,19H,8-9H2,1-4H3. The third-order valence-corrected chi connectivity index (χ3v) is 4.08. The molecule has 0 aliphatic rings. The SMILES string of the molecule is CN(Cc1cscn1)c1c(Cl)cccc1CNC(C)(C)C. The van der Waals surface area contributed by atoms with Crippen molar-refractivity contribution in [3.63, 3.8) is 0 Å². The highest BCUT2D eigenvalue weighted by Crippen LogP contribution is 2.30.